The molecule has 0 fully saturated rings. The molecule has 0 saturated carbocycles. The molecule has 0 heterocycles. The number of hydrogen-bond acceptors (Lipinski definition) is 6. The summed E-state index contributed by atoms with van der Waals surface area (Å²) >= 11 is 6.55. The highest BCUT2D eigenvalue weighted by atomic mass is 35.5. The zero-order chi connectivity index (χ0) is 33.1. The van der Waals surface area contributed by atoms with Gasteiger partial charge in [0.05, 0.1) is 24.8 Å². The fourth-order valence-electron chi connectivity index (χ4n) is 4.95. The molecule has 242 valence electrons. The summed E-state index contributed by atoms with van der Waals surface area (Å²) in [5.74, 6) is -0.221. The van der Waals surface area contributed by atoms with E-state index in [0.29, 0.717) is 29.3 Å². The Morgan fingerprint density at radius 1 is 0.848 bits per heavy atom. The van der Waals surface area contributed by atoms with Crippen LogP contribution in [0.2, 0.25) is 5.02 Å². The minimum atomic E-state index is -4.32. The summed E-state index contributed by atoms with van der Waals surface area (Å²) < 4.78 is 40.3. The molecule has 0 bridgehead atoms. The Kier molecular flexibility index (Phi) is 12.1. The van der Waals surface area contributed by atoms with Gasteiger partial charge in [0, 0.05) is 24.5 Å². The Hall–Kier alpha value is -4.54. The van der Waals surface area contributed by atoms with Gasteiger partial charge in [-0.05, 0) is 60.0 Å². The highest BCUT2D eigenvalue weighted by molar-refractivity contribution is 7.92. The fourth-order valence-corrected chi connectivity index (χ4v) is 6.57. The van der Waals surface area contributed by atoms with Gasteiger partial charge in [0.1, 0.15) is 24.1 Å². The largest absolute Gasteiger partial charge is 0.497 e. The fraction of sp³-hybridized carbons (Fsp3) is 0.257. The third-order valence-electron chi connectivity index (χ3n) is 7.40. The molecule has 4 aromatic carbocycles. The SMILES string of the molecule is CCCNC(=O)[C@H](Cc1ccccc1)N(Cc1ccccc1Cl)C(=O)CN(c1ccccc1OC)S(=O)(=O)c1ccc(OC)cc1. The topological polar surface area (TPSA) is 105 Å². The lowest BCUT2D eigenvalue weighted by Gasteiger charge is -2.34. The van der Waals surface area contributed by atoms with Crippen molar-refractivity contribution in [3.8, 4) is 11.5 Å². The Morgan fingerprint density at radius 3 is 2.15 bits per heavy atom. The lowest BCUT2D eigenvalue weighted by Crippen LogP contribution is -2.53. The van der Waals surface area contributed by atoms with Crippen molar-refractivity contribution in [3.63, 3.8) is 0 Å². The number of benzene rings is 4. The molecule has 0 aliphatic rings. The van der Waals surface area contributed by atoms with E-state index in [1.807, 2.05) is 37.3 Å². The van der Waals surface area contributed by atoms with Gasteiger partial charge in [-0.25, -0.2) is 8.42 Å². The second kappa shape index (κ2) is 16.1. The van der Waals surface area contributed by atoms with E-state index in [1.165, 1.54) is 43.4 Å². The van der Waals surface area contributed by atoms with Gasteiger partial charge in [0.2, 0.25) is 11.8 Å². The minimum Gasteiger partial charge on any atom is -0.497 e. The van der Waals surface area contributed by atoms with Gasteiger partial charge in [0.25, 0.3) is 10.0 Å². The lowest BCUT2D eigenvalue weighted by atomic mass is 10.0. The zero-order valence-electron chi connectivity index (χ0n) is 26.1. The van der Waals surface area contributed by atoms with Gasteiger partial charge in [-0.15, -0.1) is 0 Å². The van der Waals surface area contributed by atoms with Gasteiger partial charge in [-0.2, -0.15) is 0 Å². The Labute approximate surface area is 275 Å². The van der Waals surface area contributed by atoms with E-state index in [-0.39, 0.29) is 35.2 Å². The number of hydrogen-bond donors (Lipinski definition) is 1. The average Bonchev–Trinajstić information content (AvgIpc) is 3.08. The number of anilines is 1. The van der Waals surface area contributed by atoms with Gasteiger partial charge in [0.15, 0.2) is 0 Å². The summed E-state index contributed by atoms with van der Waals surface area (Å²) in [4.78, 5) is 29.7. The van der Waals surface area contributed by atoms with Gasteiger partial charge < -0.3 is 19.7 Å². The number of halogens is 1. The van der Waals surface area contributed by atoms with E-state index in [9.17, 15) is 18.0 Å². The molecule has 0 aromatic heterocycles. The van der Waals surface area contributed by atoms with E-state index in [2.05, 4.69) is 5.32 Å². The van der Waals surface area contributed by atoms with Crippen molar-refractivity contribution in [3.05, 3.63) is 119 Å². The highest BCUT2D eigenvalue weighted by Gasteiger charge is 2.35. The van der Waals surface area contributed by atoms with Crippen LogP contribution in [-0.2, 0) is 32.6 Å². The maximum absolute atomic E-state index is 14.6. The molecule has 2 amide bonds. The second-order valence-corrected chi connectivity index (χ2v) is 12.7. The molecule has 4 rings (SSSR count). The first-order chi connectivity index (χ1) is 22.2. The Balaban J connectivity index is 1.83. The van der Waals surface area contributed by atoms with Crippen LogP contribution in [0.5, 0.6) is 11.5 Å². The number of nitrogens with zero attached hydrogens (tertiary/aromatic N) is 2. The predicted molar refractivity (Wildman–Crippen MR) is 180 cm³/mol. The maximum atomic E-state index is 14.6. The second-order valence-electron chi connectivity index (χ2n) is 10.5. The van der Waals surface area contributed by atoms with Crippen LogP contribution in [0.4, 0.5) is 5.69 Å². The van der Waals surface area contributed by atoms with Crippen LogP contribution in [0.15, 0.2) is 108 Å². The summed E-state index contributed by atoms with van der Waals surface area (Å²) in [6, 6.07) is 27.9. The number of sulfonamides is 1. The first kappa shape index (κ1) is 34.3. The molecule has 0 spiro atoms. The third-order valence-corrected chi connectivity index (χ3v) is 9.54. The van der Waals surface area contributed by atoms with Crippen LogP contribution in [0.25, 0.3) is 0 Å². The molecule has 9 nitrogen and oxygen atoms in total. The van der Waals surface area contributed by atoms with E-state index in [0.717, 1.165) is 9.87 Å². The van der Waals surface area contributed by atoms with Crippen LogP contribution in [0.1, 0.15) is 24.5 Å². The molecule has 0 aliphatic heterocycles. The van der Waals surface area contributed by atoms with E-state index in [1.54, 1.807) is 48.5 Å². The van der Waals surface area contributed by atoms with Crippen LogP contribution in [-0.4, -0.2) is 58.5 Å². The number of rotatable bonds is 15. The molecule has 0 radical (unpaired) electrons. The standard InChI is InChI=1S/C35H38ClN3O6S/c1-4-22-37-35(41)32(23-26-12-6-5-7-13-26)38(24-27-14-8-9-15-30(27)36)34(40)25-39(31-16-10-11-17-33(31)45-3)46(42,43)29-20-18-28(44-2)19-21-29/h5-21,32H,4,22-25H2,1-3H3,(H,37,41)/t32-/m0/s1. The summed E-state index contributed by atoms with van der Waals surface area (Å²) in [6.07, 6.45) is 0.899. The van der Waals surface area contributed by atoms with Crippen molar-refractivity contribution in [1.29, 1.82) is 0 Å². The number of carbonyl (C=O) groups excluding carboxylic acids is 2. The van der Waals surface area contributed by atoms with Crippen LogP contribution in [0, 0.1) is 0 Å². The van der Waals surface area contributed by atoms with Crippen molar-refractivity contribution in [2.45, 2.75) is 37.2 Å². The van der Waals surface area contributed by atoms with Crippen LogP contribution in [0.3, 0.4) is 0 Å². The molecule has 0 saturated heterocycles. The van der Waals surface area contributed by atoms with E-state index < -0.39 is 28.5 Å². The monoisotopic (exact) mass is 663 g/mol. The van der Waals surface area contributed by atoms with Crippen LogP contribution < -0.4 is 19.1 Å². The summed E-state index contributed by atoms with van der Waals surface area (Å²) in [5.41, 5.74) is 1.62. The molecular formula is C35H38ClN3O6S. The average molecular weight is 664 g/mol. The van der Waals surface area contributed by atoms with Crippen molar-refractivity contribution in [2.75, 3.05) is 31.6 Å². The first-order valence-corrected chi connectivity index (χ1v) is 16.7. The first-order valence-electron chi connectivity index (χ1n) is 14.8. The zero-order valence-corrected chi connectivity index (χ0v) is 27.6. The maximum Gasteiger partial charge on any atom is 0.264 e. The number of nitrogens with one attached hydrogen (secondary N) is 1. The summed E-state index contributed by atoms with van der Waals surface area (Å²) in [7, 11) is -1.40. The molecular weight excluding hydrogens is 626 g/mol. The van der Waals surface area contributed by atoms with Crippen molar-refractivity contribution in [1.82, 2.24) is 10.2 Å². The number of amides is 2. The lowest BCUT2D eigenvalue weighted by molar-refractivity contribution is -0.140. The molecule has 11 heteroatoms. The van der Waals surface area contributed by atoms with Crippen molar-refractivity contribution in [2.24, 2.45) is 0 Å². The Bertz CT molecular complexity index is 1720. The summed E-state index contributed by atoms with van der Waals surface area (Å²) in [6.45, 7) is 1.70. The Morgan fingerprint density at radius 2 is 1.50 bits per heavy atom. The summed E-state index contributed by atoms with van der Waals surface area (Å²) in [5, 5.41) is 3.35. The minimum absolute atomic E-state index is 0.0299. The molecule has 0 unspecified atom stereocenters. The number of ether oxygens (including phenoxy) is 2. The predicted octanol–water partition coefficient (Wildman–Crippen LogP) is 5.72. The van der Waals surface area contributed by atoms with E-state index >= 15 is 0 Å². The molecule has 1 atom stereocenters. The smallest absolute Gasteiger partial charge is 0.264 e. The molecule has 1 N–H and O–H groups in total. The van der Waals surface area contributed by atoms with Crippen LogP contribution >= 0.6 is 11.6 Å². The van der Waals surface area contributed by atoms with Gasteiger partial charge >= 0.3 is 0 Å². The molecule has 4 aromatic rings. The molecule has 46 heavy (non-hydrogen) atoms. The number of carbonyl (C=O) groups is 2. The van der Waals surface area contributed by atoms with Gasteiger partial charge in [-0.1, -0.05) is 79.2 Å². The van der Waals surface area contributed by atoms with E-state index in [4.69, 9.17) is 21.1 Å². The quantitative estimate of drug-likeness (QED) is 0.175. The number of para-hydroxylation sites is 2. The van der Waals surface area contributed by atoms with Crippen molar-refractivity contribution >= 4 is 39.1 Å². The normalized spacial score (nSPS) is 11.7. The molecule has 0 aliphatic carbocycles. The highest BCUT2D eigenvalue weighted by Crippen LogP contribution is 2.33. The van der Waals surface area contributed by atoms with Gasteiger partial charge in [-0.3, -0.25) is 13.9 Å². The van der Waals surface area contributed by atoms with Crippen molar-refractivity contribution < 1.29 is 27.5 Å². The third kappa shape index (κ3) is 8.38. The number of methoxy groups -OCH3 is 2.